The van der Waals surface area contributed by atoms with Crippen LogP contribution in [0.3, 0.4) is 0 Å². The molecule has 3 heteroatoms. The number of aromatic hydroxyl groups is 1. The third-order valence-corrected chi connectivity index (χ3v) is 4.23. The molecule has 1 saturated heterocycles. The maximum Gasteiger partial charge on any atom is 0.127 e. The number of hydrogen-bond donors (Lipinski definition) is 1. The van der Waals surface area contributed by atoms with E-state index in [-0.39, 0.29) is 0 Å². The third-order valence-electron chi connectivity index (χ3n) is 4.23. The van der Waals surface area contributed by atoms with Gasteiger partial charge in [-0.15, -0.1) is 0 Å². The van der Waals surface area contributed by atoms with Crippen molar-refractivity contribution >= 4 is 5.57 Å². The molecule has 3 rings (SSSR count). The second-order valence-electron chi connectivity index (χ2n) is 5.50. The smallest absolute Gasteiger partial charge is 0.127 e. The monoisotopic (exact) mass is 259 g/mol. The van der Waals surface area contributed by atoms with Crippen LogP contribution in [-0.4, -0.2) is 36.2 Å². The van der Waals surface area contributed by atoms with Crippen molar-refractivity contribution in [3.8, 4) is 11.5 Å². The van der Waals surface area contributed by atoms with Gasteiger partial charge in [0.15, 0.2) is 0 Å². The van der Waals surface area contributed by atoms with Gasteiger partial charge in [0, 0.05) is 12.1 Å². The Labute approximate surface area is 114 Å². The summed E-state index contributed by atoms with van der Waals surface area (Å²) in [6.45, 7) is 6.44. The van der Waals surface area contributed by atoms with Gasteiger partial charge in [0.1, 0.15) is 18.1 Å². The van der Waals surface area contributed by atoms with Crippen LogP contribution in [0.15, 0.2) is 23.8 Å². The Morgan fingerprint density at radius 3 is 2.84 bits per heavy atom. The minimum absolute atomic E-state index is 0.308. The second-order valence-corrected chi connectivity index (χ2v) is 5.50. The predicted octanol–water partition coefficient (Wildman–Crippen LogP) is 3.04. The fourth-order valence-corrected chi connectivity index (χ4v) is 2.96. The highest BCUT2D eigenvalue weighted by Gasteiger charge is 2.19. The van der Waals surface area contributed by atoms with Crippen LogP contribution in [0.1, 0.15) is 31.7 Å². The molecule has 0 atom stereocenters. The van der Waals surface area contributed by atoms with Crippen molar-refractivity contribution in [2.45, 2.75) is 26.2 Å². The number of phenolic OH excluding ortho intramolecular Hbond substituents is 1. The van der Waals surface area contributed by atoms with Gasteiger partial charge in [-0.2, -0.15) is 0 Å². The summed E-state index contributed by atoms with van der Waals surface area (Å²) in [6, 6.07) is 5.34. The number of ether oxygens (including phenoxy) is 1. The predicted molar refractivity (Wildman–Crippen MR) is 76.5 cm³/mol. The largest absolute Gasteiger partial charge is 0.508 e. The van der Waals surface area contributed by atoms with Gasteiger partial charge in [-0.25, -0.2) is 0 Å². The Morgan fingerprint density at radius 1 is 1.26 bits per heavy atom. The second kappa shape index (κ2) is 5.25. The molecule has 1 aromatic carbocycles. The molecule has 2 aliphatic heterocycles. The number of fused-ring (bicyclic) bond motifs is 1. The summed E-state index contributed by atoms with van der Waals surface area (Å²) in [5.41, 5.74) is 3.68. The van der Waals surface area contributed by atoms with Gasteiger partial charge in [0.25, 0.3) is 0 Å². The molecule has 0 aliphatic carbocycles. The first-order chi connectivity index (χ1) is 9.24. The summed E-state index contributed by atoms with van der Waals surface area (Å²) in [6.07, 6.45) is 3.75. The van der Waals surface area contributed by atoms with Crippen LogP contribution in [0.2, 0.25) is 0 Å². The lowest BCUT2D eigenvalue weighted by Gasteiger charge is -2.24. The molecule has 0 unspecified atom stereocenters. The first-order valence-corrected chi connectivity index (χ1v) is 7.11. The Kier molecular flexibility index (Phi) is 3.47. The Hall–Kier alpha value is -1.48. The first kappa shape index (κ1) is 12.5. The topological polar surface area (TPSA) is 32.7 Å². The van der Waals surface area contributed by atoms with E-state index < -0.39 is 0 Å². The highest BCUT2D eigenvalue weighted by molar-refractivity contribution is 5.74. The van der Waals surface area contributed by atoms with E-state index >= 15 is 0 Å². The summed E-state index contributed by atoms with van der Waals surface area (Å²) >= 11 is 0. The van der Waals surface area contributed by atoms with Crippen molar-refractivity contribution in [1.82, 2.24) is 4.90 Å². The zero-order chi connectivity index (χ0) is 13.2. The highest BCUT2D eigenvalue weighted by atomic mass is 16.5. The molecule has 1 N–H and O–H groups in total. The Morgan fingerprint density at radius 2 is 2.05 bits per heavy atom. The summed E-state index contributed by atoms with van der Waals surface area (Å²) in [7, 11) is 0. The van der Waals surface area contributed by atoms with Crippen molar-refractivity contribution in [1.29, 1.82) is 0 Å². The number of benzene rings is 1. The van der Waals surface area contributed by atoms with E-state index in [1.54, 1.807) is 12.1 Å². The SMILES string of the molecule is CC1=C(CCN2CCCC2)COc2ccc(O)cc21. The number of likely N-dealkylation sites (tertiary alicyclic amines) is 1. The van der Waals surface area contributed by atoms with Gasteiger partial charge >= 0.3 is 0 Å². The molecule has 102 valence electrons. The van der Waals surface area contributed by atoms with Gasteiger partial charge in [-0.05, 0) is 68.6 Å². The summed E-state index contributed by atoms with van der Waals surface area (Å²) in [4.78, 5) is 2.53. The summed E-state index contributed by atoms with van der Waals surface area (Å²) in [5, 5.41) is 9.61. The molecule has 2 heterocycles. The van der Waals surface area contributed by atoms with Crippen molar-refractivity contribution in [2.75, 3.05) is 26.2 Å². The molecule has 2 aliphatic rings. The van der Waals surface area contributed by atoms with Crippen LogP contribution in [0.5, 0.6) is 11.5 Å². The number of nitrogens with zero attached hydrogens (tertiary/aromatic N) is 1. The van der Waals surface area contributed by atoms with E-state index in [4.69, 9.17) is 4.74 Å². The van der Waals surface area contributed by atoms with Crippen molar-refractivity contribution < 1.29 is 9.84 Å². The van der Waals surface area contributed by atoms with Crippen LogP contribution < -0.4 is 4.74 Å². The van der Waals surface area contributed by atoms with Crippen LogP contribution in [0, 0.1) is 0 Å². The normalized spacial score (nSPS) is 19.4. The quantitative estimate of drug-likeness (QED) is 0.905. The van der Waals surface area contributed by atoms with E-state index in [2.05, 4.69) is 11.8 Å². The van der Waals surface area contributed by atoms with Crippen LogP contribution in [0.4, 0.5) is 0 Å². The molecule has 0 aromatic heterocycles. The molecule has 0 bridgehead atoms. The molecular weight excluding hydrogens is 238 g/mol. The fourth-order valence-electron chi connectivity index (χ4n) is 2.96. The molecule has 0 saturated carbocycles. The molecular formula is C16H21NO2. The molecule has 1 fully saturated rings. The molecule has 0 spiro atoms. The van der Waals surface area contributed by atoms with Crippen LogP contribution in [-0.2, 0) is 0 Å². The van der Waals surface area contributed by atoms with E-state index in [1.165, 1.54) is 37.1 Å². The minimum atomic E-state index is 0.308. The number of hydrogen-bond acceptors (Lipinski definition) is 3. The van der Waals surface area contributed by atoms with Gasteiger partial charge in [0.2, 0.25) is 0 Å². The van der Waals surface area contributed by atoms with E-state index in [9.17, 15) is 5.11 Å². The van der Waals surface area contributed by atoms with Crippen molar-refractivity contribution in [2.24, 2.45) is 0 Å². The highest BCUT2D eigenvalue weighted by Crippen LogP contribution is 2.36. The van der Waals surface area contributed by atoms with Gasteiger partial charge in [-0.1, -0.05) is 0 Å². The summed E-state index contributed by atoms with van der Waals surface area (Å²) in [5.74, 6) is 1.20. The fraction of sp³-hybridized carbons (Fsp3) is 0.500. The maximum absolute atomic E-state index is 9.61. The standard InChI is InChI=1S/C16H21NO2/c1-12-13(6-9-17-7-2-3-8-17)11-19-16-5-4-14(18)10-15(12)16/h4-5,10,18H,2-3,6-9,11H2,1H3. The maximum atomic E-state index is 9.61. The van der Waals surface area contributed by atoms with Crippen molar-refractivity contribution in [3.63, 3.8) is 0 Å². The lowest BCUT2D eigenvalue weighted by atomic mass is 9.96. The molecule has 0 amide bonds. The van der Waals surface area contributed by atoms with Gasteiger partial charge < -0.3 is 14.7 Å². The average Bonchev–Trinajstić information content (AvgIpc) is 2.92. The zero-order valence-electron chi connectivity index (χ0n) is 11.5. The van der Waals surface area contributed by atoms with Gasteiger partial charge in [0.05, 0.1) is 0 Å². The molecule has 1 aromatic rings. The van der Waals surface area contributed by atoms with E-state index in [1.807, 2.05) is 6.07 Å². The van der Waals surface area contributed by atoms with E-state index in [0.717, 1.165) is 24.3 Å². The Balaban J connectivity index is 1.75. The lowest BCUT2D eigenvalue weighted by Crippen LogP contribution is -2.22. The molecule has 0 radical (unpaired) electrons. The minimum Gasteiger partial charge on any atom is -0.508 e. The molecule has 19 heavy (non-hydrogen) atoms. The van der Waals surface area contributed by atoms with Gasteiger partial charge in [-0.3, -0.25) is 0 Å². The van der Waals surface area contributed by atoms with Crippen molar-refractivity contribution in [3.05, 3.63) is 29.3 Å². The van der Waals surface area contributed by atoms with E-state index in [0.29, 0.717) is 12.4 Å². The average molecular weight is 259 g/mol. The van der Waals surface area contributed by atoms with Crippen LogP contribution in [0.25, 0.3) is 5.57 Å². The lowest BCUT2D eigenvalue weighted by molar-refractivity contribution is 0.314. The summed E-state index contributed by atoms with van der Waals surface area (Å²) < 4.78 is 5.79. The third kappa shape index (κ3) is 2.61. The number of rotatable bonds is 3. The first-order valence-electron chi connectivity index (χ1n) is 7.11. The number of allylic oxidation sites excluding steroid dienone is 1. The Bertz CT molecular complexity index is 501. The zero-order valence-corrected chi connectivity index (χ0v) is 11.5. The number of phenols is 1. The van der Waals surface area contributed by atoms with Crippen LogP contribution >= 0.6 is 0 Å². The molecule has 3 nitrogen and oxygen atoms in total.